The fourth-order valence-corrected chi connectivity index (χ4v) is 2.12. The fraction of sp³-hybridized carbons (Fsp3) is 0.455. The Labute approximate surface area is 117 Å². The van der Waals surface area contributed by atoms with Crippen molar-refractivity contribution in [3.8, 4) is 0 Å². The van der Waals surface area contributed by atoms with Crippen LogP contribution in [0, 0.1) is 3.57 Å². The maximum Gasteiger partial charge on any atom is 0.441 e. The van der Waals surface area contributed by atoms with Gasteiger partial charge >= 0.3 is 5.51 Å². The SMILES string of the molecule is CC(NCCSC(F)(F)F)c1ccc(I)cc1. The fourth-order valence-electron chi connectivity index (χ4n) is 1.31. The van der Waals surface area contributed by atoms with E-state index in [4.69, 9.17) is 0 Å². The molecule has 0 bridgehead atoms. The molecule has 0 amide bonds. The molecule has 1 aromatic carbocycles. The Bertz CT molecular complexity index is 340. The Balaban J connectivity index is 2.30. The topological polar surface area (TPSA) is 12.0 Å². The Kier molecular flexibility index (Phi) is 6.08. The zero-order valence-electron chi connectivity index (χ0n) is 9.22. The molecule has 0 radical (unpaired) electrons. The molecule has 0 saturated heterocycles. The number of benzene rings is 1. The lowest BCUT2D eigenvalue weighted by molar-refractivity contribution is -0.0327. The Morgan fingerprint density at radius 2 is 1.88 bits per heavy atom. The Morgan fingerprint density at radius 3 is 2.41 bits per heavy atom. The normalized spacial score (nSPS) is 13.7. The molecule has 0 heterocycles. The number of hydrogen-bond donors (Lipinski definition) is 1. The van der Waals surface area contributed by atoms with Gasteiger partial charge in [-0.2, -0.15) is 13.2 Å². The van der Waals surface area contributed by atoms with Gasteiger partial charge in [0, 0.05) is 21.9 Å². The van der Waals surface area contributed by atoms with E-state index in [-0.39, 0.29) is 23.6 Å². The summed E-state index contributed by atoms with van der Waals surface area (Å²) in [4.78, 5) is 0. The van der Waals surface area contributed by atoms with Crippen LogP contribution in [0.1, 0.15) is 18.5 Å². The second kappa shape index (κ2) is 6.84. The predicted octanol–water partition coefficient (Wildman–Crippen LogP) is 4.19. The smallest absolute Gasteiger partial charge is 0.309 e. The van der Waals surface area contributed by atoms with Gasteiger partial charge in [0.05, 0.1) is 0 Å². The molecule has 1 N–H and O–H groups in total. The summed E-state index contributed by atoms with van der Waals surface area (Å²) in [6, 6.07) is 8.00. The summed E-state index contributed by atoms with van der Waals surface area (Å²) >= 11 is 2.22. The molecule has 0 spiro atoms. The average Bonchev–Trinajstić information content (AvgIpc) is 2.24. The molecule has 0 fully saturated rings. The van der Waals surface area contributed by atoms with Gasteiger partial charge in [-0.1, -0.05) is 12.1 Å². The van der Waals surface area contributed by atoms with Crippen LogP contribution >= 0.6 is 34.4 Å². The molecule has 6 heteroatoms. The third-order valence-corrected chi connectivity index (χ3v) is 3.64. The molecule has 17 heavy (non-hydrogen) atoms. The van der Waals surface area contributed by atoms with E-state index in [1.165, 1.54) is 0 Å². The van der Waals surface area contributed by atoms with Crippen LogP contribution in [0.15, 0.2) is 24.3 Å². The van der Waals surface area contributed by atoms with Crippen molar-refractivity contribution in [1.29, 1.82) is 0 Å². The van der Waals surface area contributed by atoms with Crippen LogP contribution < -0.4 is 5.32 Å². The lowest BCUT2D eigenvalue weighted by atomic mass is 10.1. The van der Waals surface area contributed by atoms with E-state index < -0.39 is 5.51 Å². The first-order chi connectivity index (χ1) is 7.88. The van der Waals surface area contributed by atoms with Crippen molar-refractivity contribution in [3.63, 3.8) is 0 Å². The van der Waals surface area contributed by atoms with Gasteiger partial charge in [-0.15, -0.1) is 0 Å². The summed E-state index contributed by atoms with van der Waals surface area (Å²) in [5, 5.41) is 3.07. The highest BCUT2D eigenvalue weighted by atomic mass is 127. The molecule has 1 rings (SSSR count). The van der Waals surface area contributed by atoms with Crippen molar-refractivity contribution in [2.45, 2.75) is 18.5 Å². The molecule has 0 aromatic heterocycles. The van der Waals surface area contributed by atoms with E-state index in [1.807, 2.05) is 31.2 Å². The summed E-state index contributed by atoms with van der Waals surface area (Å²) in [5.41, 5.74) is -3.05. The second-order valence-corrected chi connectivity index (χ2v) is 5.93. The van der Waals surface area contributed by atoms with Crippen molar-refractivity contribution in [2.75, 3.05) is 12.3 Å². The molecular weight excluding hydrogens is 362 g/mol. The largest absolute Gasteiger partial charge is 0.441 e. The maximum absolute atomic E-state index is 11.9. The minimum atomic E-state index is -4.13. The first-order valence-corrected chi connectivity index (χ1v) is 7.14. The number of halogens is 4. The van der Waals surface area contributed by atoms with E-state index in [9.17, 15) is 13.2 Å². The zero-order chi connectivity index (χ0) is 12.9. The maximum atomic E-state index is 11.9. The van der Waals surface area contributed by atoms with Gasteiger partial charge in [-0.05, 0) is 59.0 Å². The van der Waals surface area contributed by atoms with Crippen molar-refractivity contribution in [2.24, 2.45) is 0 Å². The third-order valence-electron chi connectivity index (χ3n) is 2.19. The predicted molar refractivity (Wildman–Crippen MR) is 74.1 cm³/mol. The first-order valence-electron chi connectivity index (χ1n) is 5.08. The van der Waals surface area contributed by atoms with Gasteiger partial charge < -0.3 is 5.32 Å². The molecule has 0 aliphatic carbocycles. The summed E-state index contributed by atoms with van der Waals surface area (Å²) in [6.45, 7) is 2.29. The third kappa shape index (κ3) is 6.52. The van der Waals surface area contributed by atoms with E-state index >= 15 is 0 Å². The van der Waals surface area contributed by atoms with Crippen LogP contribution in [0.5, 0.6) is 0 Å². The second-order valence-electron chi connectivity index (χ2n) is 3.52. The lowest BCUT2D eigenvalue weighted by Crippen LogP contribution is -2.22. The Morgan fingerprint density at radius 1 is 1.29 bits per heavy atom. The lowest BCUT2D eigenvalue weighted by Gasteiger charge is -2.14. The summed E-state index contributed by atoms with van der Waals surface area (Å²) in [6.07, 6.45) is 0. The molecule has 1 aromatic rings. The van der Waals surface area contributed by atoms with E-state index in [2.05, 4.69) is 27.9 Å². The van der Waals surface area contributed by atoms with E-state index in [1.54, 1.807) is 0 Å². The van der Waals surface area contributed by atoms with Crippen LogP contribution in [0.4, 0.5) is 13.2 Å². The van der Waals surface area contributed by atoms with Gasteiger partial charge in [-0.25, -0.2) is 0 Å². The van der Waals surface area contributed by atoms with Crippen LogP contribution in [0.3, 0.4) is 0 Å². The van der Waals surface area contributed by atoms with Gasteiger partial charge in [-0.3, -0.25) is 0 Å². The molecule has 0 aliphatic rings. The summed E-state index contributed by atoms with van der Waals surface area (Å²) in [5.74, 6) is 0.0399. The van der Waals surface area contributed by atoms with Gasteiger partial charge in [0.15, 0.2) is 0 Å². The molecule has 1 unspecified atom stereocenters. The standard InChI is InChI=1S/C11H13F3INS/c1-8(9-2-4-10(15)5-3-9)16-6-7-17-11(12,13)14/h2-5,8,16H,6-7H2,1H3. The number of alkyl halides is 3. The monoisotopic (exact) mass is 375 g/mol. The van der Waals surface area contributed by atoms with Gasteiger partial charge in [0.2, 0.25) is 0 Å². The van der Waals surface area contributed by atoms with Crippen LogP contribution in [0.25, 0.3) is 0 Å². The molecule has 96 valence electrons. The number of hydrogen-bond acceptors (Lipinski definition) is 2. The highest BCUT2D eigenvalue weighted by Crippen LogP contribution is 2.29. The van der Waals surface area contributed by atoms with Gasteiger partial charge in [0.25, 0.3) is 0 Å². The van der Waals surface area contributed by atoms with E-state index in [0.717, 1.165) is 9.13 Å². The van der Waals surface area contributed by atoms with Crippen molar-refractivity contribution < 1.29 is 13.2 Å². The minimum absolute atomic E-state index is 0.00949. The van der Waals surface area contributed by atoms with Crippen molar-refractivity contribution in [3.05, 3.63) is 33.4 Å². The van der Waals surface area contributed by atoms with Gasteiger partial charge in [0.1, 0.15) is 0 Å². The molecule has 1 atom stereocenters. The van der Waals surface area contributed by atoms with Crippen molar-refractivity contribution >= 4 is 34.4 Å². The highest BCUT2D eigenvalue weighted by molar-refractivity contribution is 14.1. The van der Waals surface area contributed by atoms with Crippen LogP contribution in [-0.4, -0.2) is 17.8 Å². The highest BCUT2D eigenvalue weighted by Gasteiger charge is 2.27. The van der Waals surface area contributed by atoms with Crippen LogP contribution in [0.2, 0.25) is 0 Å². The zero-order valence-corrected chi connectivity index (χ0v) is 12.2. The van der Waals surface area contributed by atoms with E-state index in [0.29, 0.717) is 6.54 Å². The molecular formula is C11H13F3INS. The first kappa shape index (κ1) is 15.1. The number of thioether (sulfide) groups is 1. The van der Waals surface area contributed by atoms with Crippen LogP contribution in [-0.2, 0) is 0 Å². The summed E-state index contributed by atoms with van der Waals surface area (Å²) < 4.78 is 36.8. The molecule has 0 aliphatic heterocycles. The quantitative estimate of drug-likeness (QED) is 0.612. The summed E-state index contributed by atoms with van der Waals surface area (Å²) in [7, 11) is 0. The minimum Gasteiger partial charge on any atom is -0.309 e. The molecule has 0 saturated carbocycles. The average molecular weight is 375 g/mol. The number of nitrogens with one attached hydrogen (secondary N) is 1. The Hall–Kier alpha value is 0.0500. The number of rotatable bonds is 5. The van der Waals surface area contributed by atoms with Crippen molar-refractivity contribution in [1.82, 2.24) is 5.32 Å². The molecule has 1 nitrogen and oxygen atoms in total.